The molecule has 0 aliphatic carbocycles. The van der Waals surface area contributed by atoms with Gasteiger partial charge in [0.25, 0.3) is 0 Å². The number of nitrogens with one attached hydrogen (secondary N) is 2. The highest BCUT2D eigenvalue weighted by molar-refractivity contribution is 7.96. The number of carbonyl (C=O) groups excluding carboxylic acids is 2. The first kappa shape index (κ1) is 6.29. The van der Waals surface area contributed by atoms with Crippen LogP contribution in [-0.2, 0) is 9.59 Å². The fraction of sp³-hybridized carbons (Fsp3) is 0. The zero-order chi connectivity index (χ0) is 5.54. The Hall–Kier alpha value is -0.710. The molecule has 0 saturated heterocycles. The van der Waals surface area contributed by atoms with Crippen molar-refractivity contribution in [2.24, 2.45) is 0 Å². The summed E-state index contributed by atoms with van der Waals surface area (Å²) in [7, 11) is 0. The maximum absolute atomic E-state index is 9.39. The zero-order valence-electron chi connectivity index (χ0n) is 3.38. The molecule has 2 amide bonds. The molecule has 0 aliphatic heterocycles. The minimum absolute atomic E-state index is 0.473. The SMILES string of the molecule is O=CNSNC=O. The predicted octanol–water partition coefficient (Wildman–Crippen LogP) is -0.958. The van der Waals surface area contributed by atoms with Crippen molar-refractivity contribution in [3.8, 4) is 0 Å². The molecular weight excluding hydrogens is 116 g/mol. The van der Waals surface area contributed by atoms with E-state index in [4.69, 9.17) is 0 Å². The second-order valence-corrected chi connectivity index (χ2v) is 1.25. The van der Waals surface area contributed by atoms with Gasteiger partial charge in [-0.15, -0.1) is 0 Å². The van der Waals surface area contributed by atoms with Crippen LogP contribution in [0.1, 0.15) is 0 Å². The summed E-state index contributed by atoms with van der Waals surface area (Å²) in [4.78, 5) is 18.8. The predicted molar refractivity (Wildman–Crippen MR) is 26.0 cm³/mol. The Morgan fingerprint density at radius 3 is 1.86 bits per heavy atom. The van der Waals surface area contributed by atoms with Gasteiger partial charge in [-0.2, -0.15) is 0 Å². The summed E-state index contributed by atoms with van der Waals surface area (Å²) < 4.78 is 4.29. The quantitative estimate of drug-likeness (QED) is 0.285. The van der Waals surface area contributed by atoms with Crippen molar-refractivity contribution < 1.29 is 9.59 Å². The van der Waals surface area contributed by atoms with Crippen molar-refractivity contribution >= 4 is 25.0 Å². The molecule has 0 fully saturated rings. The lowest BCUT2D eigenvalue weighted by Gasteiger charge is -1.87. The van der Waals surface area contributed by atoms with Crippen LogP contribution in [-0.4, -0.2) is 12.8 Å². The molecule has 0 atom stereocenters. The summed E-state index contributed by atoms with van der Waals surface area (Å²) in [5.74, 6) is 0. The third-order valence-electron chi connectivity index (χ3n) is 0.214. The number of hydrogen-bond donors (Lipinski definition) is 2. The van der Waals surface area contributed by atoms with Crippen LogP contribution < -0.4 is 9.44 Å². The van der Waals surface area contributed by atoms with Gasteiger partial charge in [-0.1, -0.05) is 0 Å². The van der Waals surface area contributed by atoms with E-state index in [0.29, 0.717) is 12.8 Å². The summed E-state index contributed by atoms with van der Waals surface area (Å²) >= 11 is 0.817. The fourth-order valence-corrected chi connectivity index (χ4v) is 0.246. The molecule has 7 heavy (non-hydrogen) atoms. The van der Waals surface area contributed by atoms with Crippen LogP contribution in [0.5, 0.6) is 0 Å². The van der Waals surface area contributed by atoms with E-state index >= 15 is 0 Å². The van der Waals surface area contributed by atoms with Crippen molar-refractivity contribution in [2.75, 3.05) is 0 Å². The highest BCUT2D eigenvalue weighted by Crippen LogP contribution is 1.73. The maximum atomic E-state index is 9.39. The molecule has 40 valence electrons. The second kappa shape index (κ2) is 5.29. The van der Waals surface area contributed by atoms with Crippen LogP contribution in [0.15, 0.2) is 0 Å². The van der Waals surface area contributed by atoms with E-state index < -0.39 is 0 Å². The van der Waals surface area contributed by atoms with Gasteiger partial charge in [0.05, 0.1) is 12.1 Å². The smallest absolute Gasteiger partial charge is 0.218 e. The van der Waals surface area contributed by atoms with Crippen molar-refractivity contribution in [3.05, 3.63) is 0 Å². The molecule has 0 aromatic carbocycles. The largest absolute Gasteiger partial charge is 0.285 e. The summed E-state index contributed by atoms with van der Waals surface area (Å²) in [6.45, 7) is 0. The number of rotatable bonds is 4. The maximum Gasteiger partial charge on any atom is 0.218 e. The van der Waals surface area contributed by atoms with Crippen LogP contribution in [0, 0.1) is 0 Å². The third-order valence-corrected chi connectivity index (χ3v) is 0.642. The summed E-state index contributed by atoms with van der Waals surface area (Å²) in [6.07, 6.45) is 0.947. The zero-order valence-corrected chi connectivity index (χ0v) is 4.20. The van der Waals surface area contributed by atoms with Gasteiger partial charge in [-0.05, 0) is 0 Å². The normalized spacial score (nSPS) is 6.86. The number of carbonyl (C=O) groups is 2. The van der Waals surface area contributed by atoms with E-state index in [2.05, 4.69) is 9.44 Å². The second-order valence-electron chi connectivity index (χ2n) is 0.573. The molecule has 0 aromatic rings. The standard InChI is InChI=1S/C2H4N2O2S/c5-1-3-7-4-2-6/h1-2H,(H,3,5)(H,4,6). The first-order valence-corrected chi connectivity index (χ1v) is 2.27. The van der Waals surface area contributed by atoms with E-state index in [0.717, 1.165) is 12.1 Å². The highest BCUT2D eigenvalue weighted by Gasteiger charge is 1.73. The Morgan fingerprint density at radius 1 is 1.14 bits per heavy atom. The van der Waals surface area contributed by atoms with Crippen molar-refractivity contribution in [2.45, 2.75) is 0 Å². The minimum Gasteiger partial charge on any atom is -0.285 e. The summed E-state index contributed by atoms with van der Waals surface area (Å²) in [6, 6.07) is 0. The van der Waals surface area contributed by atoms with E-state index in [1.807, 2.05) is 0 Å². The molecule has 0 saturated carbocycles. The third kappa shape index (κ3) is 5.29. The monoisotopic (exact) mass is 120 g/mol. The van der Waals surface area contributed by atoms with Crippen molar-refractivity contribution in [1.29, 1.82) is 0 Å². The molecule has 0 rings (SSSR count). The molecule has 0 aromatic heterocycles. The van der Waals surface area contributed by atoms with E-state index in [9.17, 15) is 9.59 Å². The Kier molecular flexibility index (Phi) is 4.75. The molecule has 0 heterocycles. The van der Waals surface area contributed by atoms with Crippen LogP contribution in [0.3, 0.4) is 0 Å². The Balaban J connectivity index is 2.68. The Morgan fingerprint density at radius 2 is 1.57 bits per heavy atom. The molecular formula is C2H4N2O2S. The van der Waals surface area contributed by atoms with Crippen molar-refractivity contribution in [3.63, 3.8) is 0 Å². The number of hydrogen-bond acceptors (Lipinski definition) is 3. The van der Waals surface area contributed by atoms with Gasteiger partial charge in [0.2, 0.25) is 12.8 Å². The van der Waals surface area contributed by atoms with Gasteiger partial charge >= 0.3 is 0 Å². The highest BCUT2D eigenvalue weighted by atomic mass is 32.2. The van der Waals surface area contributed by atoms with Gasteiger partial charge in [-0.25, -0.2) is 0 Å². The van der Waals surface area contributed by atoms with Crippen molar-refractivity contribution in [1.82, 2.24) is 9.44 Å². The van der Waals surface area contributed by atoms with Crippen LogP contribution in [0.4, 0.5) is 0 Å². The van der Waals surface area contributed by atoms with E-state index in [1.165, 1.54) is 0 Å². The summed E-state index contributed by atoms with van der Waals surface area (Å²) in [5, 5.41) is 0. The lowest BCUT2D eigenvalue weighted by molar-refractivity contribution is -0.108. The van der Waals surface area contributed by atoms with Gasteiger partial charge in [0.1, 0.15) is 0 Å². The number of amides is 2. The lowest BCUT2D eigenvalue weighted by atomic mass is 11.5. The molecule has 0 spiro atoms. The molecule has 0 unspecified atom stereocenters. The molecule has 2 N–H and O–H groups in total. The molecule has 0 radical (unpaired) electrons. The average Bonchev–Trinajstić information content (AvgIpc) is 1.69. The van der Waals surface area contributed by atoms with Crippen LogP contribution >= 0.6 is 12.1 Å². The Labute approximate surface area is 44.9 Å². The minimum atomic E-state index is 0.473. The average molecular weight is 120 g/mol. The van der Waals surface area contributed by atoms with E-state index in [1.54, 1.807) is 0 Å². The van der Waals surface area contributed by atoms with Gasteiger partial charge in [0.15, 0.2) is 0 Å². The van der Waals surface area contributed by atoms with Crippen LogP contribution in [0.25, 0.3) is 0 Å². The van der Waals surface area contributed by atoms with Crippen LogP contribution in [0.2, 0.25) is 0 Å². The molecule has 0 bridgehead atoms. The fourth-order valence-electron chi connectivity index (χ4n) is 0.0821. The Bertz CT molecular complexity index is 58.7. The van der Waals surface area contributed by atoms with Gasteiger partial charge in [-0.3, -0.25) is 19.0 Å². The van der Waals surface area contributed by atoms with Gasteiger partial charge in [0, 0.05) is 0 Å². The first-order valence-electron chi connectivity index (χ1n) is 1.46. The molecule has 0 aliphatic rings. The molecule has 4 nitrogen and oxygen atoms in total. The lowest BCUT2D eigenvalue weighted by Crippen LogP contribution is -2.09. The first-order chi connectivity index (χ1) is 3.41. The summed E-state index contributed by atoms with van der Waals surface area (Å²) in [5.41, 5.74) is 0. The van der Waals surface area contributed by atoms with Gasteiger partial charge < -0.3 is 0 Å². The van der Waals surface area contributed by atoms with E-state index in [-0.39, 0.29) is 0 Å². The topological polar surface area (TPSA) is 58.2 Å². The molecule has 5 heteroatoms.